The first-order valence-corrected chi connectivity index (χ1v) is 11.2. The highest BCUT2D eigenvalue weighted by Gasteiger charge is 2.31. The zero-order valence-corrected chi connectivity index (χ0v) is 18.9. The fraction of sp³-hybridized carbons (Fsp3) is 0.480. The Bertz CT molecular complexity index is 1160. The van der Waals surface area contributed by atoms with Crippen molar-refractivity contribution in [3.8, 4) is 24.2 Å². The van der Waals surface area contributed by atoms with E-state index in [9.17, 15) is 14.4 Å². The molecule has 1 atom stereocenters. The van der Waals surface area contributed by atoms with Crippen molar-refractivity contribution in [3.63, 3.8) is 0 Å². The molecular formula is C25H29N3O5. The van der Waals surface area contributed by atoms with Crippen LogP contribution in [0.2, 0.25) is 0 Å². The molecule has 8 heteroatoms. The lowest BCUT2D eigenvalue weighted by Gasteiger charge is -2.21. The largest absolute Gasteiger partial charge is 0.369 e. The number of terminal acetylenes is 1. The van der Waals surface area contributed by atoms with Gasteiger partial charge in [0.15, 0.2) is 0 Å². The number of piperidine rings is 1. The molecular weight excluding hydrogens is 422 g/mol. The molecule has 3 rings (SSSR count). The molecule has 0 radical (unpaired) electrons. The second kappa shape index (κ2) is 12.1. The Kier molecular flexibility index (Phi) is 8.88. The van der Waals surface area contributed by atoms with Gasteiger partial charge in [-0.3, -0.25) is 24.0 Å². The number of hydrogen-bond acceptors (Lipinski definition) is 5. The summed E-state index contributed by atoms with van der Waals surface area (Å²) in [6.45, 7) is 2.06. The molecule has 2 amide bonds. The minimum atomic E-state index is -0.695. The zero-order valence-electron chi connectivity index (χ0n) is 18.9. The van der Waals surface area contributed by atoms with Gasteiger partial charge in [0.05, 0.1) is 11.0 Å². The van der Waals surface area contributed by atoms with E-state index in [0.717, 1.165) is 31.2 Å². The number of aryl methyl sites for hydroxylation is 1. The van der Waals surface area contributed by atoms with Crippen LogP contribution in [0.25, 0.3) is 11.0 Å². The van der Waals surface area contributed by atoms with Crippen molar-refractivity contribution in [2.24, 2.45) is 7.05 Å². The number of nitrogens with one attached hydrogen (secondary N) is 1. The number of rotatable bonds is 10. The highest BCUT2D eigenvalue weighted by Crippen LogP contribution is 2.23. The van der Waals surface area contributed by atoms with Crippen LogP contribution in [0.4, 0.5) is 0 Å². The molecule has 174 valence electrons. The molecule has 2 aromatic rings. The lowest BCUT2D eigenvalue weighted by molar-refractivity contribution is -0.135. The molecule has 1 aliphatic heterocycles. The van der Waals surface area contributed by atoms with E-state index in [1.54, 1.807) is 13.1 Å². The summed E-state index contributed by atoms with van der Waals surface area (Å²) in [4.78, 5) is 36.5. The SMILES string of the molecule is C#CCOCCCCCCOCC#Cc1ccc2c(c1)n(C)c(=O)n2C1CCC(=O)NC1=O. The minimum Gasteiger partial charge on any atom is -0.369 e. The minimum absolute atomic E-state index is 0.212. The second-order valence-electron chi connectivity index (χ2n) is 7.91. The average Bonchev–Trinajstić information content (AvgIpc) is 3.04. The molecule has 0 saturated carbocycles. The summed E-state index contributed by atoms with van der Waals surface area (Å²) in [7, 11) is 1.66. The second-order valence-corrected chi connectivity index (χ2v) is 7.91. The van der Waals surface area contributed by atoms with Gasteiger partial charge in [0.25, 0.3) is 0 Å². The van der Waals surface area contributed by atoms with Gasteiger partial charge in [0.1, 0.15) is 19.3 Å². The molecule has 1 unspecified atom stereocenters. The summed E-state index contributed by atoms with van der Waals surface area (Å²) in [6.07, 6.45) is 9.76. The monoisotopic (exact) mass is 451 g/mol. The predicted molar refractivity (Wildman–Crippen MR) is 124 cm³/mol. The Morgan fingerprint density at radius 3 is 2.48 bits per heavy atom. The topological polar surface area (TPSA) is 91.6 Å². The van der Waals surface area contributed by atoms with Crippen LogP contribution in [-0.2, 0) is 26.1 Å². The summed E-state index contributed by atoms with van der Waals surface area (Å²) in [5, 5.41) is 2.31. The highest BCUT2D eigenvalue weighted by molar-refractivity contribution is 6.00. The number of aromatic nitrogens is 2. The van der Waals surface area contributed by atoms with Crippen LogP contribution in [0.1, 0.15) is 50.1 Å². The summed E-state index contributed by atoms with van der Waals surface area (Å²) in [6, 6.07) is 4.74. The van der Waals surface area contributed by atoms with Crippen molar-refractivity contribution in [3.05, 3.63) is 34.2 Å². The third-order valence-electron chi connectivity index (χ3n) is 5.53. The molecule has 2 heterocycles. The Balaban J connectivity index is 1.52. The number of carbonyl (C=O) groups is 2. The molecule has 0 spiro atoms. The normalized spacial score (nSPS) is 15.7. The maximum Gasteiger partial charge on any atom is 0.329 e. The van der Waals surface area contributed by atoms with Gasteiger partial charge in [-0.1, -0.05) is 30.6 Å². The molecule has 0 bridgehead atoms. The van der Waals surface area contributed by atoms with Crippen molar-refractivity contribution >= 4 is 22.8 Å². The molecule has 8 nitrogen and oxygen atoms in total. The fourth-order valence-electron chi connectivity index (χ4n) is 3.83. The number of benzene rings is 1. The maximum absolute atomic E-state index is 12.8. The zero-order chi connectivity index (χ0) is 23.6. The lowest BCUT2D eigenvalue weighted by Crippen LogP contribution is -2.44. The number of ether oxygens (including phenoxy) is 2. The number of hydrogen-bond donors (Lipinski definition) is 1. The predicted octanol–water partition coefficient (Wildman–Crippen LogP) is 1.90. The number of imidazole rings is 1. The van der Waals surface area contributed by atoms with Crippen molar-refractivity contribution < 1.29 is 19.1 Å². The molecule has 1 N–H and O–H groups in total. The average molecular weight is 452 g/mol. The van der Waals surface area contributed by atoms with Crippen LogP contribution in [-0.4, -0.2) is 47.4 Å². The third-order valence-corrected chi connectivity index (χ3v) is 5.53. The van der Waals surface area contributed by atoms with Crippen molar-refractivity contribution in [1.29, 1.82) is 0 Å². The van der Waals surface area contributed by atoms with Crippen LogP contribution in [0.5, 0.6) is 0 Å². The van der Waals surface area contributed by atoms with Gasteiger partial charge < -0.3 is 9.47 Å². The van der Waals surface area contributed by atoms with Crippen LogP contribution < -0.4 is 11.0 Å². The van der Waals surface area contributed by atoms with Gasteiger partial charge in [-0.25, -0.2) is 4.79 Å². The first-order chi connectivity index (χ1) is 16.0. The number of carbonyl (C=O) groups excluding carboxylic acids is 2. The first-order valence-electron chi connectivity index (χ1n) is 11.2. The summed E-state index contributed by atoms with van der Waals surface area (Å²) >= 11 is 0. The van der Waals surface area contributed by atoms with Crippen LogP contribution in [0, 0.1) is 24.2 Å². The standard InChI is InChI=1S/C25H29N3O5/c1-3-14-32-15-6-4-5-7-16-33-17-8-9-19-10-11-20-22(18-19)27(2)25(31)28(20)21-12-13-23(29)26-24(21)30/h1,10-11,18,21H,4-7,12-17H2,2H3,(H,26,29,30). The number of amides is 2. The molecule has 0 aliphatic carbocycles. The maximum atomic E-state index is 12.8. The quantitative estimate of drug-likeness (QED) is 0.338. The van der Waals surface area contributed by atoms with Crippen molar-refractivity contribution in [1.82, 2.24) is 14.5 Å². The molecule has 1 aliphatic rings. The van der Waals surface area contributed by atoms with E-state index in [4.69, 9.17) is 15.9 Å². The van der Waals surface area contributed by atoms with E-state index >= 15 is 0 Å². The van der Waals surface area contributed by atoms with Gasteiger partial charge >= 0.3 is 5.69 Å². The Labute approximate surface area is 193 Å². The van der Waals surface area contributed by atoms with Gasteiger partial charge in [-0.05, 0) is 37.5 Å². The van der Waals surface area contributed by atoms with Gasteiger partial charge in [0, 0.05) is 32.2 Å². The summed E-state index contributed by atoms with van der Waals surface area (Å²) < 4.78 is 13.8. The van der Waals surface area contributed by atoms with E-state index in [2.05, 4.69) is 23.1 Å². The van der Waals surface area contributed by atoms with E-state index < -0.39 is 11.9 Å². The van der Waals surface area contributed by atoms with Crippen LogP contribution in [0.15, 0.2) is 23.0 Å². The van der Waals surface area contributed by atoms with E-state index in [1.165, 1.54) is 9.13 Å². The van der Waals surface area contributed by atoms with Crippen LogP contribution in [0.3, 0.4) is 0 Å². The number of imide groups is 1. The molecule has 33 heavy (non-hydrogen) atoms. The Morgan fingerprint density at radius 2 is 1.79 bits per heavy atom. The van der Waals surface area contributed by atoms with Gasteiger partial charge in [0.2, 0.25) is 11.8 Å². The van der Waals surface area contributed by atoms with E-state index in [0.29, 0.717) is 43.9 Å². The molecule has 1 saturated heterocycles. The number of unbranched alkanes of at least 4 members (excludes halogenated alkanes) is 3. The van der Waals surface area contributed by atoms with Crippen molar-refractivity contribution in [2.75, 3.05) is 26.4 Å². The lowest BCUT2D eigenvalue weighted by atomic mass is 10.1. The molecule has 1 aromatic heterocycles. The van der Waals surface area contributed by atoms with Crippen LogP contribution >= 0.6 is 0 Å². The summed E-state index contributed by atoms with van der Waals surface area (Å²) in [5.41, 5.74) is 1.79. The van der Waals surface area contributed by atoms with E-state index in [-0.39, 0.29) is 18.0 Å². The van der Waals surface area contributed by atoms with Gasteiger partial charge in [-0.2, -0.15) is 0 Å². The fourth-order valence-corrected chi connectivity index (χ4v) is 3.83. The van der Waals surface area contributed by atoms with E-state index in [1.807, 2.05) is 12.1 Å². The smallest absolute Gasteiger partial charge is 0.329 e. The van der Waals surface area contributed by atoms with Gasteiger partial charge in [-0.15, -0.1) is 6.42 Å². The Hall–Kier alpha value is -3.33. The first kappa shape index (κ1) is 24.3. The number of fused-ring (bicyclic) bond motifs is 1. The molecule has 1 fully saturated rings. The highest BCUT2D eigenvalue weighted by atomic mass is 16.5. The molecule has 1 aromatic carbocycles. The third kappa shape index (κ3) is 6.35. The Morgan fingerprint density at radius 1 is 1.06 bits per heavy atom. The summed E-state index contributed by atoms with van der Waals surface area (Å²) in [5.74, 6) is 7.75. The van der Waals surface area contributed by atoms with Crippen molar-refractivity contribution in [2.45, 2.75) is 44.6 Å². The number of nitrogens with zero attached hydrogens (tertiary/aromatic N) is 2.